The van der Waals surface area contributed by atoms with E-state index < -0.39 is 0 Å². The molecule has 0 fully saturated rings. The van der Waals surface area contributed by atoms with Crippen LogP contribution in [0.25, 0.3) is 0 Å². The van der Waals surface area contributed by atoms with Gasteiger partial charge < -0.3 is 5.73 Å². The molecule has 7 heavy (non-hydrogen) atoms. The van der Waals surface area contributed by atoms with E-state index in [-0.39, 0.29) is 5.91 Å². The van der Waals surface area contributed by atoms with Gasteiger partial charge in [-0.15, -0.1) is 0 Å². The normalized spacial score (nSPS) is 9.86. The fourth-order valence-electron chi connectivity index (χ4n) is 0.161. The van der Waals surface area contributed by atoms with Crippen molar-refractivity contribution in [3.8, 4) is 0 Å². The van der Waals surface area contributed by atoms with Gasteiger partial charge in [-0.3, -0.25) is 4.79 Å². The van der Waals surface area contributed by atoms with Gasteiger partial charge in [0.2, 0.25) is 5.91 Å². The topological polar surface area (TPSA) is 43.1 Å². The van der Waals surface area contributed by atoms with Crippen LogP contribution in [-0.4, -0.2) is 10.3 Å². The molecule has 0 aliphatic rings. The van der Waals surface area contributed by atoms with E-state index in [1.165, 1.54) is 6.08 Å². The van der Waals surface area contributed by atoms with E-state index in [2.05, 4.69) is 22.6 Å². The molecular weight excluding hydrogens is 205 g/mol. The monoisotopic (exact) mass is 211 g/mol. The number of primary amides is 1. The van der Waals surface area contributed by atoms with Gasteiger partial charge in [0.05, 0.1) is 0 Å². The zero-order valence-corrected chi connectivity index (χ0v) is 5.88. The van der Waals surface area contributed by atoms with Crippen LogP contribution in [0.4, 0.5) is 0 Å². The van der Waals surface area contributed by atoms with Crippen LogP contribution in [0.3, 0.4) is 0 Å². The number of nitrogens with two attached hydrogens (primary N) is 1. The van der Waals surface area contributed by atoms with E-state index in [0.717, 1.165) is 4.43 Å². The number of alkyl halides is 1. The SMILES string of the molecule is NC(=O)/C=C/CI. The summed E-state index contributed by atoms with van der Waals surface area (Å²) >= 11 is 2.13. The van der Waals surface area contributed by atoms with E-state index in [1.807, 2.05) is 0 Å². The summed E-state index contributed by atoms with van der Waals surface area (Å²) in [6.07, 6.45) is 3.06. The Morgan fingerprint density at radius 3 is 2.57 bits per heavy atom. The van der Waals surface area contributed by atoms with Crippen molar-refractivity contribution in [1.29, 1.82) is 0 Å². The average molecular weight is 211 g/mol. The summed E-state index contributed by atoms with van der Waals surface area (Å²) in [4.78, 5) is 9.89. The third kappa shape index (κ3) is 5.94. The van der Waals surface area contributed by atoms with Crippen LogP contribution in [0.1, 0.15) is 0 Å². The molecule has 0 unspecified atom stereocenters. The average Bonchev–Trinajstić information content (AvgIpc) is 1.61. The Morgan fingerprint density at radius 2 is 2.43 bits per heavy atom. The molecule has 0 aliphatic carbocycles. The van der Waals surface area contributed by atoms with Crippen LogP contribution in [0.15, 0.2) is 12.2 Å². The summed E-state index contributed by atoms with van der Waals surface area (Å²) in [5, 5.41) is 0. The minimum atomic E-state index is -0.378. The molecule has 2 nitrogen and oxygen atoms in total. The minimum Gasteiger partial charge on any atom is -0.366 e. The van der Waals surface area contributed by atoms with Gasteiger partial charge in [0.15, 0.2) is 0 Å². The summed E-state index contributed by atoms with van der Waals surface area (Å²) < 4.78 is 0.834. The van der Waals surface area contributed by atoms with Gasteiger partial charge in [0.25, 0.3) is 0 Å². The quantitative estimate of drug-likeness (QED) is 0.402. The number of carbonyl (C=O) groups is 1. The van der Waals surface area contributed by atoms with Crippen molar-refractivity contribution < 1.29 is 4.79 Å². The predicted octanol–water partition coefficient (Wildman–Crippen LogP) is 0.463. The van der Waals surface area contributed by atoms with E-state index in [4.69, 9.17) is 5.73 Å². The second-order valence-corrected chi connectivity index (χ2v) is 1.84. The molecule has 0 heterocycles. The molecule has 0 aromatic rings. The molecule has 0 aliphatic heterocycles. The van der Waals surface area contributed by atoms with Crippen molar-refractivity contribution in [2.45, 2.75) is 0 Å². The molecule has 0 rings (SSSR count). The maximum atomic E-state index is 9.89. The maximum absolute atomic E-state index is 9.89. The van der Waals surface area contributed by atoms with Crippen molar-refractivity contribution in [2.24, 2.45) is 5.73 Å². The Bertz CT molecular complexity index is 89.7. The Morgan fingerprint density at radius 1 is 1.86 bits per heavy atom. The molecule has 0 bridgehead atoms. The van der Waals surface area contributed by atoms with E-state index in [1.54, 1.807) is 6.08 Å². The van der Waals surface area contributed by atoms with Gasteiger partial charge in [0.1, 0.15) is 0 Å². The fraction of sp³-hybridized carbons (Fsp3) is 0.250. The Balaban J connectivity index is 3.26. The molecular formula is C4H6INO. The van der Waals surface area contributed by atoms with Gasteiger partial charge in [0, 0.05) is 4.43 Å². The number of hydrogen-bond donors (Lipinski definition) is 1. The number of hydrogen-bond acceptors (Lipinski definition) is 1. The standard InChI is InChI=1S/C4H6INO/c5-3-1-2-4(6)7/h1-2H,3H2,(H2,6,7)/b2-1+. The van der Waals surface area contributed by atoms with Crippen molar-refractivity contribution in [1.82, 2.24) is 0 Å². The third-order valence-electron chi connectivity index (χ3n) is 0.371. The molecule has 0 atom stereocenters. The van der Waals surface area contributed by atoms with Crippen LogP contribution < -0.4 is 5.73 Å². The predicted molar refractivity (Wildman–Crippen MR) is 37.2 cm³/mol. The molecule has 0 spiro atoms. The van der Waals surface area contributed by atoms with Crippen molar-refractivity contribution in [2.75, 3.05) is 4.43 Å². The number of halogens is 1. The third-order valence-corrected chi connectivity index (χ3v) is 0.880. The van der Waals surface area contributed by atoms with Gasteiger partial charge in [-0.05, 0) is 6.08 Å². The summed E-state index contributed by atoms with van der Waals surface area (Å²) in [6.45, 7) is 0. The number of rotatable bonds is 2. The highest BCUT2D eigenvalue weighted by Gasteiger charge is 1.76. The highest BCUT2D eigenvalue weighted by Crippen LogP contribution is 1.80. The van der Waals surface area contributed by atoms with Crippen molar-refractivity contribution in [3.05, 3.63) is 12.2 Å². The van der Waals surface area contributed by atoms with Crippen LogP contribution in [0.2, 0.25) is 0 Å². The zero-order chi connectivity index (χ0) is 5.70. The fourth-order valence-corrected chi connectivity index (χ4v) is 0.415. The highest BCUT2D eigenvalue weighted by atomic mass is 127. The molecule has 1 amide bonds. The van der Waals surface area contributed by atoms with Gasteiger partial charge in [-0.2, -0.15) is 0 Å². The first-order chi connectivity index (χ1) is 3.27. The summed E-state index contributed by atoms with van der Waals surface area (Å²) in [7, 11) is 0. The number of amides is 1. The minimum absolute atomic E-state index is 0.378. The van der Waals surface area contributed by atoms with E-state index >= 15 is 0 Å². The van der Waals surface area contributed by atoms with Crippen molar-refractivity contribution in [3.63, 3.8) is 0 Å². The first-order valence-electron chi connectivity index (χ1n) is 1.79. The second-order valence-electron chi connectivity index (χ2n) is 0.959. The van der Waals surface area contributed by atoms with Crippen LogP contribution in [-0.2, 0) is 4.79 Å². The van der Waals surface area contributed by atoms with Crippen molar-refractivity contribution >= 4 is 28.5 Å². The van der Waals surface area contributed by atoms with E-state index in [9.17, 15) is 4.79 Å². The maximum Gasteiger partial charge on any atom is 0.241 e. The number of allylic oxidation sites excluding steroid dienone is 1. The van der Waals surface area contributed by atoms with Crippen LogP contribution >= 0.6 is 22.6 Å². The van der Waals surface area contributed by atoms with E-state index in [0.29, 0.717) is 0 Å². The van der Waals surface area contributed by atoms with Gasteiger partial charge in [-0.1, -0.05) is 28.7 Å². The lowest BCUT2D eigenvalue weighted by Crippen LogP contribution is -2.05. The Kier molecular flexibility index (Phi) is 4.07. The molecule has 0 radical (unpaired) electrons. The summed E-state index contributed by atoms with van der Waals surface area (Å²) in [6, 6.07) is 0. The first-order valence-corrected chi connectivity index (χ1v) is 3.32. The largest absolute Gasteiger partial charge is 0.366 e. The van der Waals surface area contributed by atoms with Gasteiger partial charge in [-0.25, -0.2) is 0 Å². The molecule has 0 saturated carbocycles. The molecule has 0 aromatic heterocycles. The van der Waals surface area contributed by atoms with Crippen LogP contribution in [0, 0.1) is 0 Å². The van der Waals surface area contributed by atoms with Gasteiger partial charge >= 0.3 is 0 Å². The Labute approximate surface area is 55.9 Å². The lowest BCUT2D eigenvalue weighted by molar-refractivity contribution is -0.113. The van der Waals surface area contributed by atoms with Crippen LogP contribution in [0.5, 0.6) is 0 Å². The smallest absolute Gasteiger partial charge is 0.241 e. The number of carbonyl (C=O) groups excluding carboxylic acids is 1. The summed E-state index contributed by atoms with van der Waals surface area (Å²) in [5.41, 5.74) is 4.75. The molecule has 0 saturated heterocycles. The molecule has 0 aromatic carbocycles. The Hall–Kier alpha value is -0.0600. The molecule has 40 valence electrons. The molecule has 2 N–H and O–H groups in total. The second kappa shape index (κ2) is 4.11. The summed E-state index contributed by atoms with van der Waals surface area (Å²) in [5.74, 6) is -0.378. The molecule has 3 heteroatoms. The first kappa shape index (κ1) is 6.94. The lowest BCUT2D eigenvalue weighted by atomic mass is 10.5. The highest BCUT2D eigenvalue weighted by molar-refractivity contribution is 14.1. The zero-order valence-electron chi connectivity index (χ0n) is 3.73. The lowest BCUT2D eigenvalue weighted by Gasteiger charge is -1.73.